The first-order chi connectivity index (χ1) is 7.99. The molecule has 0 spiro atoms. The lowest BCUT2D eigenvalue weighted by Gasteiger charge is -2.11. The number of fused-ring (bicyclic) bond motifs is 1. The maximum absolute atomic E-state index is 10.9. The molecule has 0 amide bonds. The van der Waals surface area contributed by atoms with Crippen LogP contribution in [0, 0.1) is 5.92 Å². The highest BCUT2D eigenvalue weighted by atomic mass is 16.4. The fourth-order valence-electron chi connectivity index (χ4n) is 1.69. The number of aromatic amines is 1. The average Bonchev–Trinajstić information content (AvgIpc) is 2.69. The van der Waals surface area contributed by atoms with Crippen molar-refractivity contribution >= 4 is 17.0 Å². The van der Waals surface area contributed by atoms with Gasteiger partial charge in [0.1, 0.15) is 5.82 Å². The lowest BCUT2D eigenvalue weighted by molar-refractivity contribution is 0.0697. The highest BCUT2D eigenvalue weighted by molar-refractivity contribution is 5.92. The molecule has 4 nitrogen and oxygen atoms in total. The van der Waals surface area contributed by atoms with Crippen molar-refractivity contribution in [2.24, 2.45) is 5.92 Å². The van der Waals surface area contributed by atoms with E-state index in [1.807, 2.05) is 0 Å². The predicted octanol–water partition coefficient (Wildman–Crippen LogP) is 3.02. The smallest absolute Gasteiger partial charge is 0.335 e. The van der Waals surface area contributed by atoms with Gasteiger partial charge in [-0.25, -0.2) is 9.78 Å². The minimum absolute atomic E-state index is 0.282. The van der Waals surface area contributed by atoms with Gasteiger partial charge in [-0.1, -0.05) is 20.8 Å². The third-order valence-corrected chi connectivity index (χ3v) is 3.18. The van der Waals surface area contributed by atoms with Crippen LogP contribution in [0.4, 0.5) is 0 Å². The number of benzene rings is 1. The summed E-state index contributed by atoms with van der Waals surface area (Å²) >= 11 is 0. The van der Waals surface area contributed by atoms with Gasteiger partial charge in [0.05, 0.1) is 16.6 Å². The van der Waals surface area contributed by atoms with Crippen LogP contribution >= 0.6 is 0 Å². The van der Waals surface area contributed by atoms with Crippen molar-refractivity contribution < 1.29 is 9.90 Å². The summed E-state index contributed by atoms with van der Waals surface area (Å²) < 4.78 is 0. The Hall–Kier alpha value is -1.84. The van der Waals surface area contributed by atoms with Gasteiger partial charge in [0, 0.05) is 5.92 Å². The van der Waals surface area contributed by atoms with E-state index in [1.54, 1.807) is 18.2 Å². The Bertz CT molecular complexity index is 558. The summed E-state index contributed by atoms with van der Waals surface area (Å²) in [5, 5.41) is 8.91. The Labute approximate surface area is 99.7 Å². The molecule has 4 heteroatoms. The molecule has 2 rings (SSSR count). The first kappa shape index (κ1) is 11.6. The van der Waals surface area contributed by atoms with E-state index in [9.17, 15) is 4.79 Å². The number of hydrogen-bond donors (Lipinski definition) is 2. The number of carboxylic acid groups (broad SMARTS) is 1. The summed E-state index contributed by atoms with van der Waals surface area (Å²) in [5.74, 6) is 0.822. The Morgan fingerprint density at radius 3 is 2.65 bits per heavy atom. The first-order valence-electron chi connectivity index (χ1n) is 5.72. The minimum atomic E-state index is -0.917. The maximum atomic E-state index is 10.9. The zero-order valence-electron chi connectivity index (χ0n) is 10.2. The summed E-state index contributed by atoms with van der Waals surface area (Å²) in [5.41, 5.74) is 1.88. The van der Waals surface area contributed by atoms with Crippen molar-refractivity contribution in [3.05, 3.63) is 29.6 Å². The van der Waals surface area contributed by atoms with Gasteiger partial charge in [-0.2, -0.15) is 0 Å². The van der Waals surface area contributed by atoms with Crippen molar-refractivity contribution in [2.45, 2.75) is 26.7 Å². The molecule has 0 aliphatic carbocycles. The second kappa shape index (κ2) is 4.20. The van der Waals surface area contributed by atoms with Crippen molar-refractivity contribution in [1.29, 1.82) is 0 Å². The normalized spacial score (nSPS) is 13.2. The zero-order valence-corrected chi connectivity index (χ0v) is 10.2. The Kier molecular flexibility index (Phi) is 2.88. The lowest BCUT2D eigenvalue weighted by Crippen LogP contribution is -2.03. The van der Waals surface area contributed by atoms with Crippen LogP contribution in [0.2, 0.25) is 0 Å². The van der Waals surface area contributed by atoms with E-state index in [4.69, 9.17) is 5.11 Å². The summed E-state index contributed by atoms with van der Waals surface area (Å²) in [7, 11) is 0. The number of carboxylic acids is 1. The molecule has 0 aliphatic rings. The van der Waals surface area contributed by atoms with Crippen LogP contribution in [0.1, 0.15) is 42.9 Å². The molecule has 2 aromatic rings. The van der Waals surface area contributed by atoms with Gasteiger partial charge in [-0.3, -0.25) is 0 Å². The molecule has 0 fully saturated rings. The number of rotatable bonds is 3. The molecule has 0 saturated carbocycles. The molecular weight excluding hydrogens is 216 g/mol. The van der Waals surface area contributed by atoms with Crippen molar-refractivity contribution in [2.75, 3.05) is 0 Å². The number of imidazole rings is 1. The third-order valence-electron chi connectivity index (χ3n) is 3.18. The number of H-pyrrole nitrogens is 1. The van der Waals surface area contributed by atoms with Crippen LogP contribution in [0.25, 0.3) is 11.0 Å². The number of hydrogen-bond acceptors (Lipinski definition) is 2. The Morgan fingerprint density at radius 2 is 2.06 bits per heavy atom. The van der Waals surface area contributed by atoms with Crippen molar-refractivity contribution in [3.8, 4) is 0 Å². The van der Waals surface area contributed by atoms with Gasteiger partial charge in [0.2, 0.25) is 0 Å². The average molecular weight is 232 g/mol. The second-order valence-electron chi connectivity index (χ2n) is 4.69. The number of nitrogens with zero attached hydrogens (tertiary/aromatic N) is 1. The van der Waals surface area contributed by atoms with Crippen LogP contribution in [0.5, 0.6) is 0 Å². The second-order valence-corrected chi connectivity index (χ2v) is 4.69. The van der Waals surface area contributed by atoms with Gasteiger partial charge in [-0.15, -0.1) is 0 Å². The van der Waals surface area contributed by atoms with E-state index in [0.29, 0.717) is 11.8 Å². The monoisotopic (exact) mass is 232 g/mol. The summed E-state index contributed by atoms with van der Waals surface area (Å²) in [6.45, 7) is 6.39. The Morgan fingerprint density at radius 1 is 1.35 bits per heavy atom. The van der Waals surface area contributed by atoms with Gasteiger partial charge < -0.3 is 10.1 Å². The molecule has 0 saturated heterocycles. The van der Waals surface area contributed by atoms with Crippen LogP contribution < -0.4 is 0 Å². The fraction of sp³-hybridized carbons (Fsp3) is 0.385. The highest BCUT2D eigenvalue weighted by Crippen LogP contribution is 2.24. The van der Waals surface area contributed by atoms with Crippen LogP contribution in [0.3, 0.4) is 0 Å². The van der Waals surface area contributed by atoms with Gasteiger partial charge in [0.15, 0.2) is 0 Å². The number of aromatic carboxylic acids is 1. The van der Waals surface area contributed by atoms with Crippen LogP contribution in [0.15, 0.2) is 18.2 Å². The molecule has 1 atom stereocenters. The van der Waals surface area contributed by atoms with E-state index in [2.05, 4.69) is 30.7 Å². The van der Waals surface area contributed by atoms with Gasteiger partial charge in [0.25, 0.3) is 0 Å². The van der Waals surface area contributed by atoms with E-state index in [-0.39, 0.29) is 5.56 Å². The standard InChI is InChI=1S/C13H16N2O2/c1-7(2)8(3)12-14-10-5-4-9(13(16)17)6-11(10)15-12/h4-8H,1-3H3,(H,14,15)(H,16,17). The maximum Gasteiger partial charge on any atom is 0.335 e. The molecule has 90 valence electrons. The predicted molar refractivity (Wildman–Crippen MR) is 66.3 cm³/mol. The van der Waals surface area contributed by atoms with E-state index < -0.39 is 5.97 Å². The SMILES string of the molecule is CC(C)C(C)c1nc2ccc(C(=O)O)cc2[nH]1. The summed E-state index contributed by atoms with van der Waals surface area (Å²) in [4.78, 5) is 18.5. The molecular formula is C13H16N2O2. The molecule has 1 aromatic carbocycles. The van der Waals surface area contributed by atoms with Gasteiger partial charge >= 0.3 is 5.97 Å². The summed E-state index contributed by atoms with van der Waals surface area (Å²) in [6, 6.07) is 4.95. The molecule has 2 N–H and O–H groups in total. The largest absolute Gasteiger partial charge is 0.478 e. The quantitative estimate of drug-likeness (QED) is 0.854. The number of aromatic nitrogens is 2. The van der Waals surface area contributed by atoms with Crippen LogP contribution in [-0.4, -0.2) is 21.0 Å². The lowest BCUT2D eigenvalue weighted by atomic mass is 9.98. The van der Waals surface area contributed by atoms with Crippen molar-refractivity contribution in [1.82, 2.24) is 9.97 Å². The van der Waals surface area contributed by atoms with E-state index in [1.165, 1.54) is 0 Å². The molecule has 17 heavy (non-hydrogen) atoms. The van der Waals surface area contributed by atoms with Gasteiger partial charge in [-0.05, 0) is 24.1 Å². The number of nitrogens with one attached hydrogen (secondary N) is 1. The molecule has 1 unspecified atom stereocenters. The highest BCUT2D eigenvalue weighted by Gasteiger charge is 2.15. The Balaban J connectivity index is 2.47. The summed E-state index contributed by atoms with van der Waals surface area (Å²) in [6.07, 6.45) is 0. The van der Waals surface area contributed by atoms with Crippen molar-refractivity contribution in [3.63, 3.8) is 0 Å². The number of carbonyl (C=O) groups is 1. The van der Waals surface area contributed by atoms with Crippen LogP contribution in [-0.2, 0) is 0 Å². The van der Waals surface area contributed by atoms with E-state index >= 15 is 0 Å². The topological polar surface area (TPSA) is 66.0 Å². The molecule has 1 heterocycles. The third kappa shape index (κ3) is 2.16. The fourth-order valence-corrected chi connectivity index (χ4v) is 1.69. The zero-order chi connectivity index (χ0) is 12.6. The van der Waals surface area contributed by atoms with E-state index in [0.717, 1.165) is 16.9 Å². The molecule has 0 radical (unpaired) electrons. The molecule has 0 aliphatic heterocycles. The minimum Gasteiger partial charge on any atom is -0.478 e. The first-order valence-corrected chi connectivity index (χ1v) is 5.72. The molecule has 1 aromatic heterocycles. The molecule has 0 bridgehead atoms.